The molecule has 0 rings (SSSR count). The number of rotatable bonds is 7. The number of methoxy groups -OCH3 is 1. The predicted molar refractivity (Wildman–Crippen MR) is 53.4 cm³/mol. The first-order valence-electron chi connectivity index (χ1n) is 4.94. The molecular formula is C10H23NO. The fraction of sp³-hybridized carbons (Fsp3) is 1.00. The molecule has 2 nitrogen and oxygen atoms in total. The minimum atomic E-state index is 0.631. The first-order valence-corrected chi connectivity index (χ1v) is 4.94. The summed E-state index contributed by atoms with van der Waals surface area (Å²) < 4.78 is 4.97. The van der Waals surface area contributed by atoms with Crippen LogP contribution >= 0.6 is 0 Å². The van der Waals surface area contributed by atoms with Crippen molar-refractivity contribution in [2.24, 2.45) is 5.92 Å². The van der Waals surface area contributed by atoms with Crippen LogP contribution in [0.3, 0.4) is 0 Å². The predicted octanol–water partition coefficient (Wildman–Crippen LogP) is 2.05. The summed E-state index contributed by atoms with van der Waals surface area (Å²) in [5.41, 5.74) is 0. The molecule has 74 valence electrons. The molecule has 2 heteroatoms. The summed E-state index contributed by atoms with van der Waals surface area (Å²) >= 11 is 0. The zero-order valence-corrected chi connectivity index (χ0v) is 8.89. The molecule has 0 aromatic rings. The standard InChI is InChI=1S/C10H23NO/c1-5-9(2)10(3)11-7-6-8-12-4/h9-11H,5-8H2,1-4H3/t9-,10-/m1/s1. The largest absolute Gasteiger partial charge is 0.385 e. The van der Waals surface area contributed by atoms with Crippen molar-refractivity contribution in [2.75, 3.05) is 20.3 Å². The Morgan fingerprint density at radius 2 is 2.00 bits per heavy atom. The van der Waals surface area contributed by atoms with Crippen LogP contribution in [0.4, 0.5) is 0 Å². The van der Waals surface area contributed by atoms with Crippen molar-refractivity contribution < 1.29 is 4.74 Å². The maximum Gasteiger partial charge on any atom is 0.0474 e. The van der Waals surface area contributed by atoms with E-state index in [2.05, 4.69) is 26.1 Å². The van der Waals surface area contributed by atoms with Gasteiger partial charge >= 0.3 is 0 Å². The average molecular weight is 173 g/mol. The summed E-state index contributed by atoms with van der Waals surface area (Å²) in [7, 11) is 1.75. The van der Waals surface area contributed by atoms with Gasteiger partial charge in [0, 0.05) is 19.8 Å². The van der Waals surface area contributed by atoms with Gasteiger partial charge in [-0.3, -0.25) is 0 Å². The molecule has 0 saturated carbocycles. The van der Waals surface area contributed by atoms with Gasteiger partial charge in [0.25, 0.3) is 0 Å². The molecule has 0 radical (unpaired) electrons. The Balaban J connectivity index is 3.24. The molecule has 0 unspecified atom stereocenters. The molecule has 0 aromatic carbocycles. The van der Waals surface area contributed by atoms with Crippen molar-refractivity contribution in [1.82, 2.24) is 5.32 Å². The summed E-state index contributed by atoms with van der Waals surface area (Å²) in [4.78, 5) is 0. The Morgan fingerprint density at radius 1 is 1.33 bits per heavy atom. The molecule has 12 heavy (non-hydrogen) atoms. The third-order valence-electron chi connectivity index (χ3n) is 2.49. The van der Waals surface area contributed by atoms with Crippen molar-refractivity contribution in [3.63, 3.8) is 0 Å². The summed E-state index contributed by atoms with van der Waals surface area (Å²) in [6.45, 7) is 8.70. The lowest BCUT2D eigenvalue weighted by atomic mass is 10.0. The highest BCUT2D eigenvalue weighted by atomic mass is 16.5. The molecule has 0 aromatic heterocycles. The Labute approximate surface area is 76.7 Å². The lowest BCUT2D eigenvalue weighted by Crippen LogP contribution is -2.32. The molecule has 0 heterocycles. The second kappa shape index (κ2) is 7.56. The molecule has 0 saturated heterocycles. The van der Waals surface area contributed by atoms with Crippen molar-refractivity contribution in [3.05, 3.63) is 0 Å². The molecule has 0 spiro atoms. The fourth-order valence-corrected chi connectivity index (χ4v) is 1.10. The van der Waals surface area contributed by atoms with Crippen molar-refractivity contribution >= 4 is 0 Å². The Hall–Kier alpha value is -0.0800. The van der Waals surface area contributed by atoms with Crippen LogP contribution < -0.4 is 5.32 Å². The van der Waals surface area contributed by atoms with Crippen molar-refractivity contribution in [2.45, 2.75) is 39.7 Å². The van der Waals surface area contributed by atoms with Gasteiger partial charge in [-0.1, -0.05) is 20.3 Å². The average Bonchev–Trinajstić information content (AvgIpc) is 2.10. The third kappa shape index (κ3) is 5.56. The van der Waals surface area contributed by atoms with Crippen LogP contribution in [0.5, 0.6) is 0 Å². The molecule has 0 amide bonds. The van der Waals surface area contributed by atoms with Gasteiger partial charge in [-0.25, -0.2) is 0 Å². The maximum absolute atomic E-state index is 4.97. The second-order valence-electron chi connectivity index (χ2n) is 3.47. The van der Waals surface area contributed by atoms with Crippen LogP contribution in [-0.4, -0.2) is 26.3 Å². The SMILES string of the molecule is CC[C@@H](C)[C@@H](C)NCCCOC. The number of hydrogen-bond acceptors (Lipinski definition) is 2. The third-order valence-corrected chi connectivity index (χ3v) is 2.49. The van der Waals surface area contributed by atoms with Crippen LogP contribution in [0.1, 0.15) is 33.6 Å². The first-order chi connectivity index (χ1) is 5.72. The second-order valence-corrected chi connectivity index (χ2v) is 3.47. The van der Waals surface area contributed by atoms with Gasteiger partial charge in [0.1, 0.15) is 0 Å². The number of nitrogens with one attached hydrogen (secondary N) is 1. The van der Waals surface area contributed by atoms with Crippen LogP contribution in [0.2, 0.25) is 0 Å². The molecule has 0 aliphatic heterocycles. The van der Waals surface area contributed by atoms with Gasteiger partial charge < -0.3 is 10.1 Å². The molecule has 2 atom stereocenters. The van der Waals surface area contributed by atoms with E-state index < -0.39 is 0 Å². The normalized spacial score (nSPS) is 16.0. The number of hydrogen-bond donors (Lipinski definition) is 1. The van der Waals surface area contributed by atoms with E-state index in [9.17, 15) is 0 Å². The molecular weight excluding hydrogens is 150 g/mol. The summed E-state index contributed by atoms with van der Waals surface area (Å²) in [5.74, 6) is 0.771. The topological polar surface area (TPSA) is 21.3 Å². The van der Waals surface area contributed by atoms with Crippen LogP contribution in [0.15, 0.2) is 0 Å². The van der Waals surface area contributed by atoms with Gasteiger partial charge in [0.05, 0.1) is 0 Å². The lowest BCUT2D eigenvalue weighted by Gasteiger charge is -2.19. The molecule has 1 N–H and O–H groups in total. The van der Waals surface area contributed by atoms with E-state index in [1.165, 1.54) is 6.42 Å². The maximum atomic E-state index is 4.97. The van der Waals surface area contributed by atoms with Gasteiger partial charge in [-0.05, 0) is 25.8 Å². The van der Waals surface area contributed by atoms with E-state index in [1.54, 1.807) is 7.11 Å². The van der Waals surface area contributed by atoms with Crippen molar-refractivity contribution in [3.8, 4) is 0 Å². The Bertz CT molecular complexity index is 95.8. The highest BCUT2D eigenvalue weighted by Crippen LogP contribution is 2.05. The van der Waals surface area contributed by atoms with E-state index >= 15 is 0 Å². The monoisotopic (exact) mass is 173 g/mol. The van der Waals surface area contributed by atoms with Gasteiger partial charge in [-0.15, -0.1) is 0 Å². The van der Waals surface area contributed by atoms with E-state index in [-0.39, 0.29) is 0 Å². The van der Waals surface area contributed by atoms with Gasteiger partial charge in [0.15, 0.2) is 0 Å². The smallest absolute Gasteiger partial charge is 0.0474 e. The highest BCUT2D eigenvalue weighted by molar-refractivity contribution is 4.66. The molecule has 0 aliphatic rings. The van der Waals surface area contributed by atoms with Crippen LogP contribution in [0, 0.1) is 5.92 Å². The quantitative estimate of drug-likeness (QED) is 0.595. The zero-order valence-electron chi connectivity index (χ0n) is 8.89. The van der Waals surface area contributed by atoms with Crippen molar-refractivity contribution in [1.29, 1.82) is 0 Å². The summed E-state index contributed by atoms with van der Waals surface area (Å²) in [5, 5.41) is 3.49. The van der Waals surface area contributed by atoms with Crippen LogP contribution in [-0.2, 0) is 4.74 Å². The van der Waals surface area contributed by atoms with Crippen LogP contribution in [0.25, 0.3) is 0 Å². The highest BCUT2D eigenvalue weighted by Gasteiger charge is 2.07. The lowest BCUT2D eigenvalue weighted by molar-refractivity contribution is 0.192. The summed E-state index contributed by atoms with van der Waals surface area (Å²) in [6.07, 6.45) is 2.36. The van der Waals surface area contributed by atoms with E-state index in [0.717, 1.165) is 25.5 Å². The minimum Gasteiger partial charge on any atom is -0.385 e. The Kier molecular flexibility index (Phi) is 7.51. The van der Waals surface area contributed by atoms with E-state index in [4.69, 9.17) is 4.74 Å². The minimum absolute atomic E-state index is 0.631. The van der Waals surface area contributed by atoms with E-state index in [0.29, 0.717) is 6.04 Å². The molecule has 0 fully saturated rings. The molecule has 0 bridgehead atoms. The fourth-order valence-electron chi connectivity index (χ4n) is 1.10. The first kappa shape index (κ1) is 11.9. The number of ether oxygens (including phenoxy) is 1. The zero-order chi connectivity index (χ0) is 9.40. The van der Waals surface area contributed by atoms with Gasteiger partial charge in [-0.2, -0.15) is 0 Å². The molecule has 0 aliphatic carbocycles. The van der Waals surface area contributed by atoms with Gasteiger partial charge in [0.2, 0.25) is 0 Å². The van der Waals surface area contributed by atoms with E-state index in [1.807, 2.05) is 0 Å². The Morgan fingerprint density at radius 3 is 2.50 bits per heavy atom. The summed E-state index contributed by atoms with van der Waals surface area (Å²) in [6, 6.07) is 0.631.